The zero-order valence-corrected chi connectivity index (χ0v) is 14.8. The summed E-state index contributed by atoms with van der Waals surface area (Å²) in [6, 6.07) is 0. The van der Waals surface area contributed by atoms with Crippen LogP contribution in [0.3, 0.4) is 0 Å². The van der Waals surface area contributed by atoms with Crippen LogP contribution in [0.2, 0.25) is 0 Å². The SMILES string of the molecule is Cc1cnc(CN2C[C@@]3(CCCN(CCC(=O)O)C3)CCC2=O)cn1. The van der Waals surface area contributed by atoms with Gasteiger partial charge in [0.1, 0.15) is 0 Å². The molecule has 0 bridgehead atoms. The van der Waals surface area contributed by atoms with E-state index in [4.69, 9.17) is 5.11 Å². The lowest BCUT2D eigenvalue weighted by atomic mass is 9.73. The number of carbonyl (C=O) groups excluding carboxylic acids is 1. The number of amides is 1. The lowest BCUT2D eigenvalue weighted by Crippen LogP contribution is -2.54. The van der Waals surface area contributed by atoms with Gasteiger partial charge in [0.15, 0.2) is 0 Å². The van der Waals surface area contributed by atoms with Crippen molar-refractivity contribution in [3.63, 3.8) is 0 Å². The van der Waals surface area contributed by atoms with Crippen molar-refractivity contribution in [2.24, 2.45) is 5.41 Å². The molecule has 2 aliphatic heterocycles. The van der Waals surface area contributed by atoms with Crippen LogP contribution in [0.4, 0.5) is 0 Å². The zero-order valence-electron chi connectivity index (χ0n) is 14.8. The average Bonchev–Trinajstić information content (AvgIpc) is 2.59. The van der Waals surface area contributed by atoms with E-state index in [2.05, 4.69) is 14.9 Å². The smallest absolute Gasteiger partial charge is 0.304 e. The second-order valence-electron chi connectivity index (χ2n) is 7.42. The van der Waals surface area contributed by atoms with Gasteiger partial charge in [0.2, 0.25) is 5.91 Å². The minimum absolute atomic E-state index is 0.0861. The van der Waals surface area contributed by atoms with Crippen LogP contribution in [0.1, 0.15) is 43.5 Å². The number of likely N-dealkylation sites (tertiary alicyclic amines) is 2. The number of piperidine rings is 2. The van der Waals surface area contributed by atoms with E-state index < -0.39 is 5.97 Å². The van der Waals surface area contributed by atoms with Gasteiger partial charge >= 0.3 is 5.97 Å². The molecule has 0 aliphatic carbocycles. The van der Waals surface area contributed by atoms with Crippen LogP contribution >= 0.6 is 0 Å². The minimum Gasteiger partial charge on any atom is -0.481 e. The number of carboxylic acid groups (broad SMARTS) is 1. The van der Waals surface area contributed by atoms with Gasteiger partial charge in [-0.25, -0.2) is 0 Å². The van der Waals surface area contributed by atoms with E-state index in [1.807, 2.05) is 11.8 Å². The Morgan fingerprint density at radius 1 is 1.28 bits per heavy atom. The summed E-state index contributed by atoms with van der Waals surface area (Å²) in [7, 11) is 0. The van der Waals surface area contributed by atoms with Crippen molar-refractivity contribution in [3.05, 3.63) is 23.8 Å². The Morgan fingerprint density at radius 2 is 2.12 bits per heavy atom. The normalized spacial score (nSPS) is 24.7. The monoisotopic (exact) mass is 346 g/mol. The molecule has 1 spiro atoms. The maximum absolute atomic E-state index is 12.4. The zero-order chi connectivity index (χ0) is 17.9. The van der Waals surface area contributed by atoms with Gasteiger partial charge in [-0.3, -0.25) is 19.6 Å². The molecule has 1 N–H and O–H groups in total. The number of aromatic nitrogens is 2. The number of rotatable bonds is 5. The summed E-state index contributed by atoms with van der Waals surface area (Å²) in [4.78, 5) is 36.0. The van der Waals surface area contributed by atoms with Crippen LogP contribution < -0.4 is 0 Å². The minimum atomic E-state index is -0.752. The largest absolute Gasteiger partial charge is 0.481 e. The molecule has 2 saturated heterocycles. The topological polar surface area (TPSA) is 86.6 Å². The molecule has 2 aliphatic rings. The first-order valence-corrected chi connectivity index (χ1v) is 8.95. The molecule has 7 nitrogen and oxygen atoms in total. The van der Waals surface area contributed by atoms with Gasteiger partial charge in [-0.15, -0.1) is 0 Å². The van der Waals surface area contributed by atoms with E-state index in [1.165, 1.54) is 0 Å². The van der Waals surface area contributed by atoms with Gasteiger partial charge in [-0.05, 0) is 32.7 Å². The molecule has 3 rings (SSSR count). The molecule has 0 saturated carbocycles. The third-order valence-corrected chi connectivity index (χ3v) is 5.32. The fourth-order valence-electron chi connectivity index (χ4n) is 4.03. The second kappa shape index (κ2) is 7.47. The molecule has 2 fully saturated rings. The molecule has 25 heavy (non-hydrogen) atoms. The second-order valence-corrected chi connectivity index (χ2v) is 7.42. The summed E-state index contributed by atoms with van der Waals surface area (Å²) < 4.78 is 0. The Labute approximate surface area is 148 Å². The van der Waals surface area contributed by atoms with E-state index in [0.29, 0.717) is 19.5 Å². The summed E-state index contributed by atoms with van der Waals surface area (Å²) in [6.45, 7) is 5.55. The van der Waals surface area contributed by atoms with Crippen LogP contribution in [0.15, 0.2) is 12.4 Å². The summed E-state index contributed by atoms with van der Waals surface area (Å²) >= 11 is 0. The number of aliphatic carboxylic acids is 1. The van der Waals surface area contributed by atoms with Gasteiger partial charge < -0.3 is 14.9 Å². The van der Waals surface area contributed by atoms with Crippen molar-refractivity contribution >= 4 is 11.9 Å². The number of carboxylic acids is 1. The summed E-state index contributed by atoms with van der Waals surface area (Å²) in [6.07, 6.45) is 7.26. The van der Waals surface area contributed by atoms with E-state index in [-0.39, 0.29) is 17.7 Å². The van der Waals surface area contributed by atoms with Crippen LogP contribution in [0.25, 0.3) is 0 Å². The molecule has 136 valence electrons. The highest BCUT2D eigenvalue weighted by molar-refractivity contribution is 5.77. The van der Waals surface area contributed by atoms with Crippen molar-refractivity contribution in [2.75, 3.05) is 26.2 Å². The Kier molecular flexibility index (Phi) is 5.32. The molecular weight excluding hydrogens is 320 g/mol. The summed E-state index contributed by atoms with van der Waals surface area (Å²) in [5.41, 5.74) is 1.77. The number of aryl methyl sites for hydroxylation is 1. The van der Waals surface area contributed by atoms with E-state index >= 15 is 0 Å². The first-order valence-electron chi connectivity index (χ1n) is 8.95. The highest BCUT2D eigenvalue weighted by Crippen LogP contribution is 2.39. The van der Waals surface area contributed by atoms with Crippen molar-refractivity contribution < 1.29 is 14.7 Å². The predicted molar refractivity (Wildman–Crippen MR) is 91.8 cm³/mol. The van der Waals surface area contributed by atoms with E-state index in [9.17, 15) is 9.59 Å². The third kappa shape index (κ3) is 4.54. The first kappa shape index (κ1) is 17.8. The van der Waals surface area contributed by atoms with Crippen molar-refractivity contribution in [2.45, 2.75) is 45.6 Å². The molecular formula is C18H26N4O3. The van der Waals surface area contributed by atoms with Crippen LogP contribution in [0.5, 0.6) is 0 Å². The van der Waals surface area contributed by atoms with Gasteiger partial charge in [0, 0.05) is 37.7 Å². The predicted octanol–water partition coefficient (Wildman–Crippen LogP) is 1.46. The Bertz CT molecular complexity index is 634. The van der Waals surface area contributed by atoms with Crippen LogP contribution in [-0.2, 0) is 16.1 Å². The van der Waals surface area contributed by atoms with E-state index in [0.717, 1.165) is 50.3 Å². The third-order valence-electron chi connectivity index (χ3n) is 5.32. The Hall–Kier alpha value is -2.02. The lowest BCUT2D eigenvalue weighted by Gasteiger charge is -2.48. The van der Waals surface area contributed by atoms with Gasteiger partial charge in [0.05, 0.1) is 30.6 Å². The maximum Gasteiger partial charge on any atom is 0.304 e. The number of hydrogen-bond acceptors (Lipinski definition) is 5. The molecule has 0 aromatic carbocycles. The Morgan fingerprint density at radius 3 is 2.84 bits per heavy atom. The van der Waals surface area contributed by atoms with Crippen molar-refractivity contribution in [1.29, 1.82) is 0 Å². The summed E-state index contributed by atoms with van der Waals surface area (Å²) in [5, 5.41) is 8.91. The Balaban J connectivity index is 1.65. The number of carbonyl (C=O) groups is 2. The fourth-order valence-corrected chi connectivity index (χ4v) is 4.03. The lowest BCUT2D eigenvalue weighted by molar-refractivity contribution is -0.140. The summed E-state index contributed by atoms with van der Waals surface area (Å²) in [5.74, 6) is -0.575. The highest BCUT2D eigenvalue weighted by Gasteiger charge is 2.41. The van der Waals surface area contributed by atoms with Crippen LogP contribution in [-0.4, -0.2) is 62.9 Å². The average molecular weight is 346 g/mol. The standard InChI is InChI=1S/C18H26N4O3/c1-14-9-20-15(10-19-14)11-22-13-18(6-3-16(22)23)5-2-7-21(12-18)8-4-17(24)25/h9-10H,2-8,11-13H2,1H3,(H,24,25)/t18-/m0/s1. The molecule has 1 amide bonds. The van der Waals surface area contributed by atoms with Gasteiger partial charge in [-0.1, -0.05) is 0 Å². The molecule has 1 atom stereocenters. The van der Waals surface area contributed by atoms with Crippen molar-refractivity contribution in [1.82, 2.24) is 19.8 Å². The van der Waals surface area contributed by atoms with Gasteiger partial charge in [0.25, 0.3) is 0 Å². The molecule has 0 radical (unpaired) electrons. The molecule has 1 aromatic heterocycles. The highest BCUT2D eigenvalue weighted by atomic mass is 16.4. The molecule has 3 heterocycles. The maximum atomic E-state index is 12.4. The van der Waals surface area contributed by atoms with Gasteiger partial charge in [-0.2, -0.15) is 0 Å². The molecule has 1 aromatic rings. The number of nitrogens with zero attached hydrogens (tertiary/aromatic N) is 4. The molecule has 0 unspecified atom stereocenters. The van der Waals surface area contributed by atoms with Crippen molar-refractivity contribution in [3.8, 4) is 0 Å². The first-order chi connectivity index (χ1) is 12.0. The number of hydrogen-bond donors (Lipinski definition) is 1. The molecule has 7 heteroatoms. The quantitative estimate of drug-likeness (QED) is 0.869. The fraction of sp³-hybridized carbons (Fsp3) is 0.667. The van der Waals surface area contributed by atoms with Crippen LogP contribution in [0, 0.1) is 12.3 Å². The van der Waals surface area contributed by atoms with E-state index in [1.54, 1.807) is 12.4 Å².